The average molecular weight is 217 g/mol. The van der Waals surface area contributed by atoms with Gasteiger partial charge in [0, 0.05) is 11.6 Å². The molecule has 84 valence electrons. The largest absolute Gasteiger partial charge is 0.355 e. The highest BCUT2D eigenvalue weighted by Crippen LogP contribution is 2.19. The Kier molecular flexibility index (Phi) is 2.79. The van der Waals surface area contributed by atoms with Gasteiger partial charge in [-0.2, -0.15) is 0 Å². The van der Waals surface area contributed by atoms with Crippen molar-refractivity contribution < 1.29 is 9.01 Å². The van der Waals surface area contributed by atoms with Crippen LogP contribution < -0.4 is 0 Å². The second-order valence-electron chi connectivity index (χ2n) is 4.99. The normalized spacial score (nSPS) is 11.7. The average Bonchev–Trinajstić information content (AvgIpc) is 2.65. The first-order chi connectivity index (χ1) is 7.54. The molecule has 0 aliphatic rings. The van der Waals surface area contributed by atoms with Gasteiger partial charge in [-0.05, 0) is 0 Å². The van der Waals surface area contributed by atoms with Crippen molar-refractivity contribution in [1.82, 2.24) is 5.16 Å². The Labute approximate surface area is 95.9 Å². The molecule has 0 radical (unpaired) electrons. The molecule has 2 rings (SSSR count). The van der Waals surface area contributed by atoms with E-state index in [4.69, 9.17) is 4.52 Å². The number of nitrogens with zero attached hydrogens (tertiary/aromatic N) is 2. The zero-order valence-corrected chi connectivity index (χ0v) is 9.97. The van der Waals surface area contributed by atoms with Crippen LogP contribution in [-0.2, 0) is 6.54 Å². The van der Waals surface area contributed by atoms with Crippen LogP contribution in [0.4, 0.5) is 0 Å². The molecule has 2 aromatic rings. The summed E-state index contributed by atoms with van der Waals surface area (Å²) in [6, 6.07) is 12.1. The first-order valence-electron chi connectivity index (χ1n) is 5.36. The van der Waals surface area contributed by atoms with E-state index in [2.05, 4.69) is 26.3 Å². The van der Waals surface area contributed by atoms with E-state index in [1.807, 2.05) is 36.4 Å². The van der Waals surface area contributed by atoms with Crippen LogP contribution in [0.2, 0.25) is 0 Å². The third-order valence-electron chi connectivity index (χ3n) is 2.26. The van der Waals surface area contributed by atoms with Gasteiger partial charge in [0.25, 0.3) is 0 Å². The molecule has 0 fully saturated rings. The third-order valence-corrected chi connectivity index (χ3v) is 2.26. The van der Waals surface area contributed by atoms with Gasteiger partial charge in [0.05, 0.1) is 21.1 Å². The number of quaternary nitrogens is 1. The summed E-state index contributed by atoms with van der Waals surface area (Å²) in [5.74, 6) is 0.923. The summed E-state index contributed by atoms with van der Waals surface area (Å²) in [5.41, 5.74) is 2.00. The van der Waals surface area contributed by atoms with Crippen molar-refractivity contribution in [2.45, 2.75) is 6.54 Å². The molecule has 3 nitrogen and oxygen atoms in total. The van der Waals surface area contributed by atoms with Gasteiger partial charge in [0.15, 0.2) is 5.76 Å². The zero-order chi connectivity index (χ0) is 11.6. The molecule has 0 aliphatic heterocycles. The van der Waals surface area contributed by atoms with Crippen LogP contribution in [0.1, 0.15) is 5.76 Å². The molecule has 16 heavy (non-hydrogen) atoms. The van der Waals surface area contributed by atoms with E-state index in [1.165, 1.54) is 0 Å². The lowest BCUT2D eigenvalue weighted by molar-refractivity contribution is -0.885. The molecule has 0 bridgehead atoms. The SMILES string of the molecule is C[N+](C)(C)Cc1cc(-c2ccccc2)no1. The summed E-state index contributed by atoms with van der Waals surface area (Å²) in [7, 11) is 6.39. The number of rotatable bonds is 3. The van der Waals surface area contributed by atoms with E-state index in [9.17, 15) is 0 Å². The van der Waals surface area contributed by atoms with E-state index >= 15 is 0 Å². The Morgan fingerprint density at radius 1 is 1.12 bits per heavy atom. The second-order valence-corrected chi connectivity index (χ2v) is 4.99. The summed E-state index contributed by atoms with van der Waals surface area (Å²) in [6.07, 6.45) is 0. The van der Waals surface area contributed by atoms with Gasteiger partial charge in [-0.25, -0.2) is 0 Å². The first-order valence-corrected chi connectivity index (χ1v) is 5.36. The summed E-state index contributed by atoms with van der Waals surface area (Å²) in [4.78, 5) is 0. The number of hydrogen-bond acceptors (Lipinski definition) is 2. The standard InChI is InChI=1S/C13H17N2O/c1-15(2,3)10-12-9-13(14-16-12)11-7-5-4-6-8-11/h4-9H,10H2,1-3H3/q+1. The molecule has 0 amide bonds. The van der Waals surface area contributed by atoms with Crippen LogP contribution in [0.3, 0.4) is 0 Å². The van der Waals surface area contributed by atoms with Crippen molar-refractivity contribution in [3.05, 3.63) is 42.2 Å². The van der Waals surface area contributed by atoms with Gasteiger partial charge in [-0.3, -0.25) is 0 Å². The van der Waals surface area contributed by atoms with Crippen LogP contribution >= 0.6 is 0 Å². The molecule has 1 heterocycles. The fourth-order valence-corrected chi connectivity index (χ4v) is 1.60. The fraction of sp³-hybridized carbons (Fsp3) is 0.308. The second kappa shape index (κ2) is 4.10. The van der Waals surface area contributed by atoms with Crippen molar-refractivity contribution in [3.63, 3.8) is 0 Å². The molecule has 0 unspecified atom stereocenters. The van der Waals surface area contributed by atoms with Crippen molar-refractivity contribution >= 4 is 0 Å². The molecule has 0 saturated carbocycles. The minimum absolute atomic E-state index is 0.837. The minimum Gasteiger partial charge on any atom is -0.355 e. The highest BCUT2D eigenvalue weighted by molar-refractivity contribution is 5.58. The minimum atomic E-state index is 0.837. The smallest absolute Gasteiger partial charge is 0.191 e. The van der Waals surface area contributed by atoms with E-state index in [1.54, 1.807) is 0 Å². The molecular formula is C13H17N2O+. The topological polar surface area (TPSA) is 26.0 Å². The van der Waals surface area contributed by atoms with E-state index in [0.29, 0.717) is 0 Å². The lowest BCUT2D eigenvalue weighted by atomic mass is 10.1. The maximum absolute atomic E-state index is 5.33. The molecule has 0 atom stereocenters. The lowest BCUT2D eigenvalue weighted by Crippen LogP contribution is -2.33. The molecule has 0 N–H and O–H groups in total. The van der Waals surface area contributed by atoms with Crippen LogP contribution in [0.15, 0.2) is 40.9 Å². The van der Waals surface area contributed by atoms with Crippen molar-refractivity contribution in [3.8, 4) is 11.3 Å². The predicted octanol–water partition coefficient (Wildman–Crippen LogP) is 2.55. The van der Waals surface area contributed by atoms with Gasteiger partial charge in [0.1, 0.15) is 12.2 Å². The highest BCUT2D eigenvalue weighted by atomic mass is 16.5. The summed E-state index contributed by atoms with van der Waals surface area (Å²) < 4.78 is 6.17. The summed E-state index contributed by atoms with van der Waals surface area (Å²) >= 11 is 0. The van der Waals surface area contributed by atoms with Gasteiger partial charge in [-0.15, -0.1) is 0 Å². The van der Waals surface area contributed by atoms with Gasteiger partial charge in [-0.1, -0.05) is 35.5 Å². The monoisotopic (exact) mass is 217 g/mol. The molecule has 1 aromatic carbocycles. The highest BCUT2D eigenvalue weighted by Gasteiger charge is 2.14. The predicted molar refractivity (Wildman–Crippen MR) is 63.7 cm³/mol. The summed E-state index contributed by atoms with van der Waals surface area (Å²) in [6.45, 7) is 0.847. The Hall–Kier alpha value is -1.61. The Morgan fingerprint density at radius 2 is 1.81 bits per heavy atom. The van der Waals surface area contributed by atoms with E-state index < -0.39 is 0 Å². The molecule has 0 saturated heterocycles. The molecule has 1 aromatic heterocycles. The van der Waals surface area contributed by atoms with Crippen LogP contribution in [0, 0.1) is 0 Å². The van der Waals surface area contributed by atoms with Gasteiger partial charge < -0.3 is 9.01 Å². The maximum Gasteiger partial charge on any atom is 0.191 e. The number of aromatic nitrogens is 1. The van der Waals surface area contributed by atoms with Crippen LogP contribution in [0.25, 0.3) is 11.3 Å². The van der Waals surface area contributed by atoms with Crippen LogP contribution in [-0.4, -0.2) is 30.8 Å². The van der Waals surface area contributed by atoms with Crippen molar-refractivity contribution in [2.75, 3.05) is 21.1 Å². The van der Waals surface area contributed by atoms with E-state index in [-0.39, 0.29) is 0 Å². The van der Waals surface area contributed by atoms with E-state index in [0.717, 1.165) is 28.0 Å². The quantitative estimate of drug-likeness (QED) is 0.738. The fourth-order valence-electron chi connectivity index (χ4n) is 1.60. The number of benzene rings is 1. The van der Waals surface area contributed by atoms with Gasteiger partial charge in [0.2, 0.25) is 0 Å². The maximum atomic E-state index is 5.33. The Morgan fingerprint density at radius 3 is 2.44 bits per heavy atom. The summed E-state index contributed by atoms with van der Waals surface area (Å²) in [5, 5.41) is 4.09. The van der Waals surface area contributed by atoms with Crippen molar-refractivity contribution in [1.29, 1.82) is 0 Å². The first kappa shape index (κ1) is 10.9. The number of hydrogen-bond donors (Lipinski definition) is 0. The molecular weight excluding hydrogens is 200 g/mol. The molecule has 3 heteroatoms. The van der Waals surface area contributed by atoms with Gasteiger partial charge >= 0.3 is 0 Å². The lowest BCUT2D eigenvalue weighted by Gasteiger charge is -2.21. The Balaban J connectivity index is 2.21. The molecule has 0 spiro atoms. The third kappa shape index (κ3) is 2.70. The zero-order valence-electron chi connectivity index (χ0n) is 9.97. The Bertz CT molecular complexity index is 454. The molecule has 0 aliphatic carbocycles. The van der Waals surface area contributed by atoms with Crippen molar-refractivity contribution in [2.24, 2.45) is 0 Å². The van der Waals surface area contributed by atoms with Crippen LogP contribution in [0.5, 0.6) is 0 Å².